The Kier molecular flexibility index (Phi) is 5.27. The van der Waals surface area contributed by atoms with E-state index in [-0.39, 0.29) is 0 Å². The molecule has 1 aliphatic carbocycles. The summed E-state index contributed by atoms with van der Waals surface area (Å²) in [6, 6.07) is 13.0. The summed E-state index contributed by atoms with van der Waals surface area (Å²) in [4.78, 5) is 4.45. The molecular formula is C19H22BrNO. The van der Waals surface area contributed by atoms with Gasteiger partial charge in [-0.15, -0.1) is 0 Å². The van der Waals surface area contributed by atoms with Gasteiger partial charge in [0, 0.05) is 10.7 Å². The van der Waals surface area contributed by atoms with Crippen molar-refractivity contribution in [3.8, 4) is 0 Å². The molecule has 1 aromatic heterocycles. The standard InChI is InChI=1S/C19H22BrNO/c1-14-11-18(20)19(21-12-14)13-22-17-9-7-16(8-10-17)15-5-3-2-4-6-15/h2-6,11-12,16-17H,7-10,13H2,1H3. The van der Waals surface area contributed by atoms with Crippen molar-refractivity contribution < 1.29 is 4.74 Å². The van der Waals surface area contributed by atoms with Crippen LogP contribution in [-0.4, -0.2) is 11.1 Å². The zero-order valence-corrected chi connectivity index (χ0v) is 14.6. The fraction of sp³-hybridized carbons (Fsp3) is 0.421. The van der Waals surface area contributed by atoms with Gasteiger partial charge in [-0.05, 0) is 71.6 Å². The fourth-order valence-corrected chi connectivity index (χ4v) is 3.73. The topological polar surface area (TPSA) is 22.1 Å². The van der Waals surface area contributed by atoms with Crippen LogP contribution < -0.4 is 0 Å². The maximum absolute atomic E-state index is 6.08. The third-order valence-corrected chi connectivity index (χ3v) is 5.14. The summed E-state index contributed by atoms with van der Waals surface area (Å²) in [7, 11) is 0. The van der Waals surface area contributed by atoms with Gasteiger partial charge >= 0.3 is 0 Å². The Bertz CT molecular complexity index is 606. The van der Waals surface area contributed by atoms with Crippen LogP contribution in [0.15, 0.2) is 47.1 Å². The lowest BCUT2D eigenvalue weighted by Crippen LogP contribution is -2.21. The maximum atomic E-state index is 6.08. The molecule has 3 rings (SSSR count). The Balaban J connectivity index is 1.50. The normalized spacial score (nSPS) is 21.7. The third-order valence-electron chi connectivity index (χ3n) is 4.46. The van der Waals surface area contributed by atoms with E-state index in [4.69, 9.17) is 4.74 Å². The summed E-state index contributed by atoms with van der Waals surface area (Å²) in [5, 5.41) is 0. The summed E-state index contributed by atoms with van der Waals surface area (Å²) in [5.41, 5.74) is 3.64. The molecule has 0 amide bonds. The van der Waals surface area contributed by atoms with Crippen molar-refractivity contribution in [1.82, 2.24) is 4.98 Å². The quantitative estimate of drug-likeness (QED) is 0.729. The Morgan fingerprint density at radius 3 is 2.55 bits per heavy atom. The minimum Gasteiger partial charge on any atom is -0.372 e. The van der Waals surface area contributed by atoms with E-state index < -0.39 is 0 Å². The van der Waals surface area contributed by atoms with Gasteiger partial charge in [0.15, 0.2) is 0 Å². The average molecular weight is 360 g/mol. The van der Waals surface area contributed by atoms with Crippen LogP contribution in [0.1, 0.15) is 48.4 Å². The van der Waals surface area contributed by atoms with Crippen molar-refractivity contribution >= 4 is 15.9 Å². The first-order chi connectivity index (χ1) is 10.7. The lowest BCUT2D eigenvalue weighted by atomic mass is 9.83. The summed E-state index contributed by atoms with van der Waals surface area (Å²) >= 11 is 3.57. The number of pyridine rings is 1. The molecule has 0 spiro atoms. The molecule has 1 saturated carbocycles. The summed E-state index contributed by atoms with van der Waals surface area (Å²) in [6.45, 7) is 2.65. The molecule has 1 aliphatic rings. The molecule has 2 nitrogen and oxygen atoms in total. The van der Waals surface area contributed by atoms with Crippen molar-refractivity contribution in [3.63, 3.8) is 0 Å². The van der Waals surface area contributed by atoms with E-state index in [0.717, 1.165) is 23.0 Å². The molecule has 0 aliphatic heterocycles. The molecular weight excluding hydrogens is 338 g/mol. The van der Waals surface area contributed by atoms with E-state index in [9.17, 15) is 0 Å². The van der Waals surface area contributed by atoms with Crippen LogP contribution in [0.5, 0.6) is 0 Å². The van der Waals surface area contributed by atoms with Crippen molar-refractivity contribution in [2.45, 2.75) is 51.2 Å². The molecule has 1 aromatic carbocycles. The molecule has 0 N–H and O–H groups in total. The monoisotopic (exact) mass is 359 g/mol. The second kappa shape index (κ2) is 7.38. The Morgan fingerprint density at radius 1 is 1.14 bits per heavy atom. The number of nitrogens with zero attached hydrogens (tertiary/aromatic N) is 1. The summed E-state index contributed by atoms with van der Waals surface area (Å²) < 4.78 is 7.13. The molecule has 0 bridgehead atoms. The summed E-state index contributed by atoms with van der Waals surface area (Å²) in [6.07, 6.45) is 6.99. The zero-order valence-electron chi connectivity index (χ0n) is 13.0. The van der Waals surface area contributed by atoms with Crippen LogP contribution in [0.2, 0.25) is 0 Å². The van der Waals surface area contributed by atoms with Gasteiger partial charge in [-0.1, -0.05) is 30.3 Å². The first kappa shape index (κ1) is 15.7. The molecule has 0 unspecified atom stereocenters. The first-order valence-electron chi connectivity index (χ1n) is 8.00. The lowest BCUT2D eigenvalue weighted by Gasteiger charge is -2.28. The predicted molar refractivity (Wildman–Crippen MR) is 92.9 cm³/mol. The number of aromatic nitrogens is 1. The number of halogens is 1. The van der Waals surface area contributed by atoms with Gasteiger partial charge in [-0.25, -0.2) is 0 Å². The van der Waals surface area contributed by atoms with Crippen molar-refractivity contribution in [1.29, 1.82) is 0 Å². The van der Waals surface area contributed by atoms with Gasteiger partial charge in [0.1, 0.15) is 0 Å². The first-order valence-corrected chi connectivity index (χ1v) is 8.79. The smallest absolute Gasteiger partial charge is 0.0903 e. The zero-order chi connectivity index (χ0) is 15.4. The highest BCUT2D eigenvalue weighted by molar-refractivity contribution is 9.10. The third kappa shape index (κ3) is 3.96. The number of ether oxygens (including phenoxy) is 1. The van der Waals surface area contributed by atoms with Crippen LogP contribution in [0, 0.1) is 6.92 Å². The molecule has 0 saturated heterocycles. The van der Waals surface area contributed by atoms with E-state index in [1.54, 1.807) is 0 Å². The Hall–Kier alpha value is -1.19. The number of hydrogen-bond donors (Lipinski definition) is 0. The van der Waals surface area contributed by atoms with Gasteiger partial charge < -0.3 is 4.74 Å². The summed E-state index contributed by atoms with van der Waals surface area (Å²) in [5.74, 6) is 0.699. The number of benzene rings is 1. The van der Waals surface area contributed by atoms with Gasteiger partial charge in [-0.3, -0.25) is 4.98 Å². The van der Waals surface area contributed by atoms with Crippen LogP contribution in [-0.2, 0) is 11.3 Å². The number of rotatable bonds is 4. The van der Waals surface area contributed by atoms with Crippen molar-refractivity contribution in [2.24, 2.45) is 0 Å². The Labute approximate surface area is 141 Å². The Morgan fingerprint density at radius 2 is 1.86 bits per heavy atom. The second-order valence-electron chi connectivity index (χ2n) is 6.14. The minimum atomic E-state index is 0.370. The number of aryl methyl sites for hydroxylation is 1. The highest BCUT2D eigenvalue weighted by Gasteiger charge is 2.22. The molecule has 22 heavy (non-hydrogen) atoms. The van der Waals surface area contributed by atoms with Gasteiger partial charge in [0.2, 0.25) is 0 Å². The van der Waals surface area contributed by atoms with Crippen LogP contribution in [0.25, 0.3) is 0 Å². The van der Waals surface area contributed by atoms with Gasteiger partial charge in [0.25, 0.3) is 0 Å². The molecule has 0 atom stereocenters. The molecule has 3 heteroatoms. The van der Waals surface area contributed by atoms with Crippen LogP contribution in [0.4, 0.5) is 0 Å². The fourth-order valence-electron chi connectivity index (χ4n) is 3.15. The van der Waals surface area contributed by atoms with Crippen molar-refractivity contribution in [3.05, 3.63) is 63.9 Å². The van der Waals surface area contributed by atoms with E-state index >= 15 is 0 Å². The maximum Gasteiger partial charge on any atom is 0.0903 e. The molecule has 116 valence electrons. The SMILES string of the molecule is Cc1cnc(COC2CCC(c3ccccc3)CC2)c(Br)c1. The number of hydrogen-bond acceptors (Lipinski definition) is 2. The van der Waals surface area contributed by atoms with E-state index in [1.165, 1.54) is 24.0 Å². The van der Waals surface area contributed by atoms with Gasteiger partial charge in [0.05, 0.1) is 18.4 Å². The lowest BCUT2D eigenvalue weighted by molar-refractivity contribution is 0.0115. The van der Waals surface area contributed by atoms with Crippen molar-refractivity contribution in [2.75, 3.05) is 0 Å². The van der Waals surface area contributed by atoms with E-state index in [1.807, 2.05) is 13.1 Å². The molecule has 1 heterocycles. The predicted octanol–water partition coefficient (Wildman–Crippen LogP) is 5.40. The van der Waals surface area contributed by atoms with E-state index in [0.29, 0.717) is 18.6 Å². The molecule has 0 radical (unpaired) electrons. The van der Waals surface area contributed by atoms with Crippen LogP contribution >= 0.6 is 15.9 Å². The van der Waals surface area contributed by atoms with Crippen LogP contribution in [0.3, 0.4) is 0 Å². The molecule has 2 aromatic rings. The minimum absolute atomic E-state index is 0.370. The second-order valence-corrected chi connectivity index (χ2v) is 6.99. The van der Waals surface area contributed by atoms with Gasteiger partial charge in [-0.2, -0.15) is 0 Å². The highest BCUT2D eigenvalue weighted by atomic mass is 79.9. The molecule has 1 fully saturated rings. The van der Waals surface area contributed by atoms with E-state index in [2.05, 4.69) is 57.3 Å². The largest absolute Gasteiger partial charge is 0.372 e. The average Bonchev–Trinajstić information content (AvgIpc) is 2.55. The highest BCUT2D eigenvalue weighted by Crippen LogP contribution is 2.34.